The Hall–Kier alpha value is -2.22. The molecule has 0 aliphatic heterocycles. The van der Waals surface area contributed by atoms with Gasteiger partial charge in [-0.3, -0.25) is 4.79 Å². The Morgan fingerprint density at radius 3 is 2.74 bits per heavy atom. The first kappa shape index (κ1) is 14.8. The molecule has 1 amide bonds. The number of amides is 1. The van der Waals surface area contributed by atoms with E-state index in [1.54, 1.807) is 32.4 Å². The van der Waals surface area contributed by atoms with Gasteiger partial charge in [-0.05, 0) is 25.1 Å². The van der Waals surface area contributed by atoms with Gasteiger partial charge in [0.25, 0.3) is 5.91 Å². The molecule has 0 fully saturated rings. The number of carbonyl (C=O) groups is 1. The molecule has 0 radical (unpaired) electrons. The van der Waals surface area contributed by atoms with Crippen molar-refractivity contribution in [2.75, 3.05) is 27.3 Å². The Labute approximate surface area is 113 Å². The lowest BCUT2D eigenvalue weighted by Crippen LogP contribution is -2.27. The first-order chi connectivity index (χ1) is 9.13. The molecule has 0 heterocycles. The first-order valence-electron chi connectivity index (χ1n) is 6.07. The van der Waals surface area contributed by atoms with Crippen molar-refractivity contribution in [3.05, 3.63) is 23.8 Å². The van der Waals surface area contributed by atoms with Crippen LogP contribution in [0, 0.1) is 11.3 Å². The zero-order valence-electron chi connectivity index (χ0n) is 11.5. The number of rotatable bonds is 6. The summed E-state index contributed by atoms with van der Waals surface area (Å²) in [5.41, 5.74) is 0.518. The summed E-state index contributed by atoms with van der Waals surface area (Å²) in [7, 11) is 3.22. The van der Waals surface area contributed by atoms with E-state index in [0.717, 1.165) is 0 Å². The molecule has 1 rings (SSSR count). The minimum atomic E-state index is -0.140. The van der Waals surface area contributed by atoms with Gasteiger partial charge in [0, 0.05) is 19.2 Å². The number of hydrogen-bond donors (Lipinski definition) is 0. The molecule has 0 bridgehead atoms. The van der Waals surface area contributed by atoms with Crippen LogP contribution in [-0.4, -0.2) is 38.1 Å². The zero-order valence-corrected chi connectivity index (χ0v) is 11.5. The van der Waals surface area contributed by atoms with Crippen molar-refractivity contribution in [1.82, 2.24) is 4.90 Å². The highest BCUT2D eigenvalue weighted by Gasteiger charge is 2.14. The van der Waals surface area contributed by atoms with Gasteiger partial charge in [0.05, 0.1) is 26.2 Å². The van der Waals surface area contributed by atoms with Crippen molar-refractivity contribution >= 4 is 5.91 Å². The number of methoxy groups -OCH3 is 1. The molecule has 5 heteroatoms. The van der Waals surface area contributed by atoms with Gasteiger partial charge < -0.3 is 14.4 Å². The van der Waals surface area contributed by atoms with Crippen molar-refractivity contribution in [3.8, 4) is 17.6 Å². The maximum atomic E-state index is 12.1. The highest BCUT2D eigenvalue weighted by Crippen LogP contribution is 2.28. The fourth-order valence-corrected chi connectivity index (χ4v) is 1.62. The Morgan fingerprint density at radius 1 is 1.42 bits per heavy atom. The molecule has 0 aliphatic carbocycles. The summed E-state index contributed by atoms with van der Waals surface area (Å²) in [6.07, 6.45) is 0.316. The van der Waals surface area contributed by atoms with Gasteiger partial charge >= 0.3 is 0 Å². The van der Waals surface area contributed by atoms with Gasteiger partial charge in [-0.1, -0.05) is 0 Å². The average Bonchev–Trinajstić information content (AvgIpc) is 2.44. The van der Waals surface area contributed by atoms with Gasteiger partial charge in [-0.2, -0.15) is 5.26 Å². The van der Waals surface area contributed by atoms with Crippen LogP contribution >= 0.6 is 0 Å². The summed E-state index contributed by atoms with van der Waals surface area (Å²) in [4.78, 5) is 13.6. The minimum Gasteiger partial charge on any atom is -0.493 e. The van der Waals surface area contributed by atoms with Crippen LogP contribution in [0.15, 0.2) is 18.2 Å². The number of nitriles is 1. The van der Waals surface area contributed by atoms with Crippen LogP contribution in [0.3, 0.4) is 0 Å². The summed E-state index contributed by atoms with van der Waals surface area (Å²) in [5, 5.41) is 8.53. The van der Waals surface area contributed by atoms with Crippen LogP contribution in [0.4, 0.5) is 0 Å². The highest BCUT2D eigenvalue weighted by atomic mass is 16.5. The van der Waals surface area contributed by atoms with Crippen molar-refractivity contribution in [1.29, 1.82) is 5.26 Å². The molecular weight excluding hydrogens is 244 g/mol. The predicted molar refractivity (Wildman–Crippen MR) is 71.4 cm³/mol. The van der Waals surface area contributed by atoms with Crippen LogP contribution in [0.1, 0.15) is 23.7 Å². The van der Waals surface area contributed by atoms with Gasteiger partial charge in [0.1, 0.15) is 0 Å². The molecule has 0 saturated carbocycles. The van der Waals surface area contributed by atoms with Crippen molar-refractivity contribution in [2.24, 2.45) is 0 Å². The molecule has 0 saturated heterocycles. The average molecular weight is 262 g/mol. The van der Waals surface area contributed by atoms with Crippen LogP contribution in [0.25, 0.3) is 0 Å². The third-order valence-electron chi connectivity index (χ3n) is 2.62. The molecule has 0 unspecified atom stereocenters. The van der Waals surface area contributed by atoms with E-state index in [1.165, 1.54) is 4.90 Å². The molecule has 0 aromatic heterocycles. The van der Waals surface area contributed by atoms with Crippen LogP contribution < -0.4 is 9.47 Å². The topological polar surface area (TPSA) is 62.6 Å². The van der Waals surface area contributed by atoms with E-state index in [1.807, 2.05) is 13.0 Å². The summed E-state index contributed by atoms with van der Waals surface area (Å²) >= 11 is 0. The number of nitrogens with zero attached hydrogens (tertiary/aromatic N) is 2. The van der Waals surface area contributed by atoms with Crippen molar-refractivity contribution < 1.29 is 14.3 Å². The Bertz CT molecular complexity index is 480. The number of hydrogen-bond acceptors (Lipinski definition) is 4. The highest BCUT2D eigenvalue weighted by molar-refractivity contribution is 5.94. The summed E-state index contributed by atoms with van der Waals surface area (Å²) < 4.78 is 10.6. The van der Waals surface area contributed by atoms with E-state index in [0.29, 0.717) is 36.6 Å². The maximum Gasteiger partial charge on any atom is 0.253 e. The second-order valence-electron chi connectivity index (χ2n) is 3.93. The van der Waals surface area contributed by atoms with Crippen molar-refractivity contribution in [3.63, 3.8) is 0 Å². The summed E-state index contributed by atoms with van der Waals surface area (Å²) in [6, 6.07) is 7.07. The summed E-state index contributed by atoms with van der Waals surface area (Å²) in [5.74, 6) is 1.00. The SMILES string of the molecule is CCOc1cc(C(=O)N(C)CCC#N)ccc1OC. The van der Waals surface area contributed by atoms with Crippen LogP contribution in [0.2, 0.25) is 0 Å². The standard InChI is InChI=1S/C14H18N2O3/c1-4-19-13-10-11(6-7-12(13)18-3)14(17)16(2)9-5-8-15/h6-7,10H,4-5,9H2,1-3H3. The smallest absolute Gasteiger partial charge is 0.253 e. The van der Waals surface area contributed by atoms with E-state index in [9.17, 15) is 4.79 Å². The Kier molecular flexibility index (Phi) is 5.68. The third-order valence-corrected chi connectivity index (χ3v) is 2.62. The molecule has 0 aliphatic rings. The van der Waals surface area contributed by atoms with Gasteiger partial charge in [-0.15, -0.1) is 0 Å². The number of benzene rings is 1. The Morgan fingerprint density at radius 2 is 2.16 bits per heavy atom. The monoisotopic (exact) mass is 262 g/mol. The normalized spacial score (nSPS) is 9.58. The van der Waals surface area contributed by atoms with E-state index in [2.05, 4.69) is 0 Å². The molecule has 1 aromatic carbocycles. The van der Waals surface area contributed by atoms with Crippen LogP contribution in [0.5, 0.6) is 11.5 Å². The lowest BCUT2D eigenvalue weighted by Gasteiger charge is -2.17. The third kappa shape index (κ3) is 3.88. The molecule has 5 nitrogen and oxygen atoms in total. The minimum absolute atomic E-state index is 0.140. The molecule has 0 N–H and O–H groups in total. The van der Waals surface area contributed by atoms with Gasteiger partial charge in [0.15, 0.2) is 11.5 Å². The van der Waals surface area contributed by atoms with E-state index in [-0.39, 0.29) is 5.91 Å². The number of carbonyl (C=O) groups excluding carboxylic acids is 1. The molecule has 102 valence electrons. The van der Waals surface area contributed by atoms with E-state index < -0.39 is 0 Å². The Balaban J connectivity index is 2.91. The number of ether oxygens (including phenoxy) is 2. The largest absolute Gasteiger partial charge is 0.493 e. The van der Waals surface area contributed by atoms with Gasteiger partial charge in [-0.25, -0.2) is 0 Å². The molecule has 0 spiro atoms. The van der Waals surface area contributed by atoms with E-state index in [4.69, 9.17) is 14.7 Å². The lowest BCUT2D eigenvalue weighted by molar-refractivity contribution is 0.0797. The fourth-order valence-electron chi connectivity index (χ4n) is 1.62. The fraction of sp³-hybridized carbons (Fsp3) is 0.429. The molecule has 19 heavy (non-hydrogen) atoms. The van der Waals surface area contributed by atoms with Crippen molar-refractivity contribution in [2.45, 2.75) is 13.3 Å². The molecular formula is C14H18N2O3. The summed E-state index contributed by atoms with van der Waals surface area (Å²) in [6.45, 7) is 2.77. The van der Waals surface area contributed by atoms with Gasteiger partial charge in [0.2, 0.25) is 0 Å². The first-order valence-corrected chi connectivity index (χ1v) is 6.07. The molecule has 1 aromatic rings. The zero-order chi connectivity index (χ0) is 14.3. The van der Waals surface area contributed by atoms with Crippen LogP contribution in [-0.2, 0) is 0 Å². The quantitative estimate of drug-likeness (QED) is 0.787. The second-order valence-corrected chi connectivity index (χ2v) is 3.93. The lowest BCUT2D eigenvalue weighted by atomic mass is 10.1. The van der Waals surface area contributed by atoms with E-state index >= 15 is 0 Å². The molecule has 0 atom stereocenters. The predicted octanol–water partition coefficient (Wildman–Crippen LogP) is 2.08. The maximum absolute atomic E-state index is 12.1. The second kappa shape index (κ2) is 7.27.